The van der Waals surface area contributed by atoms with E-state index in [-0.39, 0.29) is 5.91 Å². The quantitative estimate of drug-likeness (QED) is 0.584. The van der Waals surface area contributed by atoms with Crippen LogP contribution >= 0.6 is 0 Å². The molecule has 0 atom stereocenters. The van der Waals surface area contributed by atoms with Gasteiger partial charge < -0.3 is 5.32 Å². The zero-order valence-electron chi connectivity index (χ0n) is 17.3. The molecule has 0 spiro atoms. The molecular formula is C25H26N4O. The number of aromatic nitrogens is 3. The van der Waals surface area contributed by atoms with Crippen LogP contribution in [0, 0.1) is 6.92 Å². The molecule has 0 aliphatic heterocycles. The topological polar surface area (TPSA) is 67.8 Å². The molecule has 1 N–H and O–H groups in total. The van der Waals surface area contributed by atoms with E-state index in [2.05, 4.69) is 21.4 Å². The normalized spacial score (nSPS) is 13.6. The Labute approximate surface area is 177 Å². The number of aryl methyl sites for hydroxylation is 1. The van der Waals surface area contributed by atoms with Crippen LogP contribution in [0.1, 0.15) is 48.0 Å². The van der Waals surface area contributed by atoms with Crippen LogP contribution in [0.4, 0.5) is 0 Å². The smallest absolute Gasteiger partial charge is 0.255 e. The molecule has 1 aromatic carbocycles. The molecule has 0 radical (unpaired) electrons. The number of nitrogens with zero attached hydrogens (tertiary/aromatic N) is 3. The molecule has 0 saturated carbocycles. The number of amides is 1. The summed E-state index contributed by atoms with van der Waals surface area (Å²) in [6, 6.07) is 11.8. The van der Waals surface area contributed by atoms with E-state index in [0.717, 1.165) is 30.4 Å². The van der Waals surface area contributed by atoms with E-state index < -0.39 is 0 Å². The number of carbonyl (C=O) groups is 1. The van der Waals surface area contributed by atoms with Gasteiger partial charge in [0.2, 0.25) is 0 Å². The summed E-state index contributed by atoms with van der Waals surface area (Å²) in [7, 11) is 0. The summed E-state index contributed by atoms with van der Waals surface area (Å²) in [5, 5.41) is 3.05. The molecule has 0 fully saturated rings. The van der Waals surface area contributed by atoms with Crippen LogP contribution in [0.15, 0.2) is 66.6 Å². The Kier molecular flexibility index (Phi) is 6.28. The second-order valence-corrected chi connectivity index (χ2v) is 7.67. The van der Waals surface area contributed by atoms with Crippen molar-refractivity contribution in [1.29, 1.82) is 0 Å². The van der Waals surface area contributed by atoms with Crippen molar-refractivity contribution in [3.05, 3.63) is 77.8 Å². The number of hydrogen-bond donors (Lipinski definition) is 1. The Hall–Kier alpha value is -3.34. The Bertz CT molecular complexity index is 1040. The van der Waals surface area contributed by atoms with Gasteiger partial charge in [-0.05, 0) is 51.2 Å². The second-order valence-electron chi connectivity index (χ2n) is 7.67. The number of hydrogen-bond acceptors (Lipinski definition) is 4. The highest BCUT2D eigenvalue weighted by molar-refractivity contribution is 5.99. The van der Waals surface area contributed by atoms with Gasteiger partial charge in [0.1, 0.15) is 0 Å². The lowest BCUT2D eigenvalue weighted by molar-refractivity contribution is 0.0954. The third-order valence-electron chi connectivity index (χ3n) is 5.41. The largest absolute Gasteiger partial charge is 0.352 e. The molecule has 0 bridgehead atoms. The Morgan fingerprint density at radius 1 is 1.03 bits per heavy atom. The van der Waals surface area contributed by atoms with E-state index >= 15 is 0 Å². The molecule has 5 heteroatoms. The summed E-state index contributed by atoms with van der Waals surface area (Å²) in [4.78, 5) is 26.3. The van der Waals surface area contributed by atoms with Crippen LogP contribution in [0.3, 0.4) is 0 Å². The van der Waals surface area contributed by atoms with Gasteiger partial charge in [0.25, 0.3) is 5.91 Å². The van der Waals surface area contributed by atoms with Crippen LogP contribution < -0.4 is 5.32 Å². The van der Waals surface area contributed by atoms with Gasteiger partial charge in [-0.1, -0.05) is 41.5 Å². The van der Waals surface area contributed by atoms with E-state index in [9.17, 15) is 4.79 Å². The predicted molar refractivity (Wildman–Crippen MR) is 119 cm³/mol. The van der Waals surface area contributed by atoms with Crippen molar-refractivity contribution in [3.63, 3.8) is 0 Å². The van der Waals surface area contributed by atoms with E-state index in [1.54, 1.807) is 18.6 Å². The van der Waals surface area contributed by atoms with Crippen LogP contribution in [-0.2, 0) is 0 Å². The van der Waals surface area contributed by atoms with Crippen molar-refractivity contribution in [2.75, 3.05) is 6.54 Å². The maximum Gasteiger partial charge on any atom is 0.255 e. The van der Waals surface area contributed by atoms with Gasteiger partial charge in [-0.2, -0.15) is 0 Å². The average molecular weight is 399 g/mol. The molecule has 2 aromatic heterocycles. The number of rotatable bonds is 6. The third kappa shape index (κ3) is 4.79. The molecule has 30 heavy (non-hydrogen) atoms. The molecule has 4 rings (SSSR count). The maximum absolute atomic E-state index is 12.9. The van der Waals surface area contributed by atoms with Crippen LogP contribution in [0.5, 0.6) is 0 Å². The number of pyridine rings is 1. The first-order valence-corrected chi connectivity index (χ1v) is 10.5. The van der Waals surface area contributed by atoms with Gasteiger partial charge in [-0.15, -0.1) is 0 Å². The first-order chi connectivity index (χ1) is 14.7. The lowest BCUT2D eigenvalue weighted by Gasteiger charge is -2.14. The van der Waals surface area contributed by atoms with E-state index in [1.807, 2.05) is 43.3 Å². The summed E-state index contributed by atoms with van der Waals surface area (Å²) in [5.74, 6) is 0.458. The molecular weight excluding hydrogens is 372 g/mol. The van der Waals surface area contributed by atoms with Gasteiger partial charge in [-0.25, -0.2) is 9.97 Å². The fourth-order valence-corrected chi connectivity index (χ4v) is 3.68. The summed E-state index contributed by atoms with van der Waals surface area (Å²) in [6.45, 7) is 2.67. The predicted octanol–water partition coefficient (Wildman–Crippen LogP) is 5.13. The standard InChI is InChI=1S/C25H26N4O/c1-18-7-9-21(10-8-18)24-28-17-22(23(29-24)20-12-14-26-15-13-20)25(30)27-16-11-19-5-3-2-4-6-19/h5,7-10,12-15,17H,2-4,6,11,16H2,1H3,(H,27,30). The van der Waals surface area contributed by atoms with Crippen molar-refractivity contribution in [1.82, 2.24) is 20.3 Å². The Morgan fingerprint density at radius 2 is 1.83 bits per heavy atom. The zero-order chi connectivity index (χ0) is 20.8. The second kappa shape index (κ2) is 9.44. The summed E-state index contributed by atoms with van der Waals surface area (Å²) in [6.07, 6.45) is 13.1. The molecule has 1 amide bonds. The fraction of sp³-hybridized carbons (Fsp3) is 0.280. The minimum Gasteiger partial charge on any atom is -0.352 e. The minimum absolute atomic E-state index is 0.145. The highest BCUT2D eigenvalue weighted by Crippen LogP contribution is 2.25. The van der Waals surface area contributed by atoms with E-state index in [0.29, 0.717) is 23.6 Å². The number of benzene rings is 1. The molecule has 1 aliphatic rings. The first-order valence-electron chi connectivity index (χ1n) is 10.5. The van der Waals surface area contributed by atoms with Gasteiger partial charge in [0, 0.05) is 36.3 Å². The molecule has 0 saturated heterocycles. The van der Waals surface area contributed by atoms with Gasteiger partial charge in [-0.3, -0.25) is 9.78 Å². The number of carbonyl (C=O) groups excluding carboxylic acids is 1. The number of nitrogens with one attached hydrogen (secondary N) is 1. The van der Waals surface area contributed by atoms with Crippen LogP contribution in [-0.4, -0.2) is 27.4 Å². The van der Waals surface area contributed by atoms with Crippen LogP contribution in [0.2, 0.25) is 0 Å². The first kappa shape index (κ1) is 20.0. The summed E-state index contributed by atoms with van der Waals surface area (Å²) in [5.41, 5.74) is 5.50. The third-order valence-corrected chi connectivity index (χ3v) is 5.41. The molecule has 3 aromatic rings. The molecule has 2 heterocycles. The average Bonchev–Trinajstić information content (AvgIpc) is 2.80. The van der Waals surface area contributed by atoms with Crippen molar-refractivity contribution >= 4 is 5.91 Å². The number of allylic oxidation sites excluding steroid dienone is 1. The molecule has 152 valence electrons. The van der Waals surface area contributed by atoms with Gasteiger partial charge >= 0.3 is 0 Å². The lowest BCUT2D eigenvalue weighted by atomic mass is 9.97. The van der Waals surface area contributed by atoms with Crippen molar-refractivity contribution in [3.8, 4) is 22.6 Å². The van der Waals surface area contributed by atoms with Gasteiger partial charge in [0.05, 0.1) is 11.3 Å². The molecule has 5 nitrogen and oxygen atoms in total. The van der Waals surface area contributed by atoms with Gasteiger partial charge in [0.15, 0.2) is 5.82 Å². The van der Waals surface area contributed by atoms with E-state index in [4.69, 9.17) is 4.98 Å². The molecule has 0 unspecified atom stereocenters. The van der Waals surface area contributed by atoms with E-state index in [1.165, 1.54) is 24.0 Å². The SMILES string of the molecule is Cc1ccc(-c2ncc(C(=O)NCCC3=CCCCC3)c(-c3ccncc3)n2)cc1. The highest BCUT2D eigenvalue weighted by atomic mass is 16.1. The van der Waals surface area contributed by atoms with Crippen molar-refractivity contribution in [2.45, 2.75) is 39.0 Å². The maximum atomic E-state index is 12.9. The van der Waals surface area contributed by atoms with Crippen LogP contribution in [0.25, 0.3) is 22.6 Å². The highest BCUT2D eigenvalue weighted by Gasteiger charge is 2.17. The minimum atomic E-state index is -0.145. The summed E-state index contributed by atoms with van der Waals surface area (Å²) < 4.78 is 0. The zero-order valence-corrected chi connectivity index (χ0v) is 17.3. The van der Waals surface area contributed by atoms with Crippen molar-refractivity contribution < 1.29 is 4.79 Å². The van der Waals surface area contributed by atoms with Crippen molar-refractivity contribution in [2.24, 2.45) is 0 Å². The Balaban J connectivity index is 1.59. The monoisotopic (exact) mass is 398 g/mol. The Morgan fingerprint density at radius 3 is 2.57 bits per heavy atom. The fourth-order valence-electron chi connectivity index (χ4n) is 3.68. The molecule has 1 aliphatic carbocycles. The summed E-state index contributed by atoms with van der Waals surface area (Å²) >= 11 is 0. The lowest BCUT2D eigenvalue weighted by Crippen LogP contribution is -2.26.